The number of phenols is 1. The molecule has 88 valence electrons. The predicted molar refractivity (Wildman–Crippen MR) is 58.1 cm³/mol. The third-order valence-electron chi connectivity index (χ3n) is 2.09. The number of furan rings is 1. The van der Waals surface area contributed by atoms with Gasteiger partial charge in [-0.05, 0) is 18.2 Å². The van der Waals surface area contributed by atoms with E-state index in [2.05, 4.69) is 0 Å². The van der Waals surface area contributed by atoms with Gasteiger partial charge in [0, 0.05) is 11.6 Å². The summed E-state index contributed by atoms with van der Waals surface area (Å²) in [5, 5.41) is 17.9. The molecule has 0 saturated heterocycles. The van der Waals surface area contributed by atoms with Gasteiger partial charge in [0.25, 0.3) is 0 Å². The molecule has 5 nitrogen and oxygen atoms in total. The lowest BCUT2D eigenvalue weighted by Gasteiger charge is -2.03. The molecule has 0 spiro atoms. The molecule has 0 saturated carbocycles. The van der Waals surface area contributed by atoms with Crippen molar-refractivity contribution < 1.29 is 24.2 Å². The number of rotatable bonds is 4. The third kappa shape index (κ3) is 2.78. The fourth-order valence-electron chi connectivity index (χ4n) is 1.30. The summed E-state index contributed by atoms with van der Waals surface area (Å²) in [7, 11) is 0. The lowest BCUT2D eigenvalue weighted by Crippen LogP contribution is -1.95. The number of carboxylic acid groups (broad SMARTS) is 1. The highest BCUT2D eigenvalue weighted by molar-refractivity contribution is 5.84. The average molecular weight is 234 g/mol. The maximum absolute atomic E-state index is 10.6. The molecule has 0 aliphatic rings. The molecule has 0 radical (unpaired) electrons. The fourth-order valence-corrected chi connectivity index (χ4v) is 1.30. The van der Waals surface area contributed by atoms with Gasteiger partial charge in [0.05, 0.1) is 6.26 Å². The number of benzene rings is 1. The van der Waals surface area contributed by atoms with Gasteiger partial charge in [-0.3, -0.25) is 0 Å². The van der Waals surface area contributed by atoms with Gasteiger partial charge < -0.3 is 19.4 Å². The summed E-state index contributed by atoms with van der Waals surface area (Å²) in [4.78, 5) is 10.6. The van der Waals surface area contributed by atoms with Gasteiger partial charge in [-0.15, -0.1) is 0 Å². The number of phenolic OH excluding ortho intramolecular Hbond substituents is 1. The minimum absolute atomic E-state index is 0.112. The van der Waals surface area contributed by atoms with E-state index in [1.165, 1.54) is 24.5 Å². The van der Waals surface area contributed by atoms with Crippen LogP contribution in [-0.2, 0) is 6.61 Å². The van der Waals surface area contributed by atoms with E-state index in [1.807, 2.05) is 0 Å². The maximum atomic E-state index is 10.6. The van der Waals surface area contributed by atoms with Crippen molar-refractivity contribution >= 4 is 5.97 Å². The van der Waals surface area contributed by atoms with Crippen LogP contribution in [0.1, 0.15) is 16.1 Å². The SMILES string of the molecule is O=C(O)c1cc(COc2cccc(O)c2)co1. The summed E-state index contributed by atoms with van der Waals surface area (Å²) in [6.07, 6.45) is 1.33. The monoisotopic (exact) mass is 234 g/mol. The smallest absolute Gasteiger partial charge is 0.371 e. The summed E-state index contributed by atoms with van der Waals surface area (Å²) >= 11 is 0. The fraction of sp³-hybridized carbons (Fsp3) is 0.0833. The van der Waals surface area contributed by atoms with Crippen molar-refractivity contribution in [1.82, 2.24) is 0 Å². The first kappa shape index (κ1) is 11.1. The van der Waals surface area contributed by atoms with Crippen LogP contribution in [0.2, 0.25) is 0 Å². The minimum Gasteiger partial charge on any atom is -0.508 e. The average Bonchev–Trinajstić information content (AvgIpc) is 2.75. The Morgan fingerprint density at radius 2 is 2.18 bits per heavy atom. The van der Waals surface area contributed by atoms with E-state index in [0.29, 0.717) is 11.3 Å². The molecule has 0 atom stereocenters. The Kier molecular flexibility index (Phi) is 3.00. The van der Waals surface area contributed by atoms with Gasteiger partial charge in [-0.25, -0.2) is 4.79 Å². The van der Waals surface area contributed by atoms with Gasteiger partial charge in [-0.2, -0.15) is 0 Å². The Bertz CT molecular complexity index is 529. The van der Waals surface area contributed by atoms with E-state index in [1.54, 1.807) is 12.1 Å². The molecule has 1 aromatic carbocycles. The van der Waals surface area contributed by atoms with Crippen molar-refractivity contribution in [3.63, 3.8) is 0 Å². The molecule has 17 heavy (non-hydrogen) atoms. The molecule has 0 aliphatic carbocycles. The van der Waals surface area contributed by atoms with Crippen molar-refractivity contribution in [1.29, 1.82) is 0 Å². The second-order valence-electron chi connectivity index (χ2n) is 3.41. The molecular formula is C12H10O5. The Balaban J connectivity index is 2.00. The van der Waals surface area contributed by atoms with Crippen LogP contribution in [0.15, 0.2) is 41.0 Å². The topological polar surface area (TPSA) is 79.9 Å². The van der Waals surface area contributed by atoms with Crippen LogP contribution < -0.4 is 4.74 Å². The molecule has 5 heteroatoms. The number of aromatic hydroxyl groups is 1. The number of carbonyl (C=O) groups is 1. The van der Waals surface area contributed by atoms with E-state index in [0.717, 1.165) is 0 Å². The van der Waals surface area contributed by atoms with Crippen molar-refractivity contribution in [2.75, 3.05) is 0 Å². The van der Waals surface area contributed by atoms with E-state index in [4.69, 9.17) is 14.3 Å². The minimum atomic E-state index is -1.12. The predicted octanol–water partition coefficient (Wildman–Crippen LogP) is 2.26. The van der Waals surface area contributed by atoms with E-state index in [-0.39, 0.29) is 18.1 Å². The zero-order valence-electron chi connectivity index (χ0n) is 8.79. The lowest BCUT2D eigenvalue weighted by molar-refractivity contribution is 0.0662. The first-order valence-corrected chi connectivity index (χ1v) is 4.87. The number of aromatic carboxylic acids is 1. The van der Waals surface area contributed by atoms with Crippen LogP contribution in [0.25, 0.3) is 0 Å². The molecule has 0 aliphatic heterocycles. The molecule has 1 heterocycles. The summed E-state index contributed by atoms with van der Waals surface area (Å²) in [6, 6.07) is 7.75. The van der Waals surface area contributed by atoms with Crippen LogP contribution in [0.5, 0.6) is 11.5 Å². The zero-order chi connectivity index (χ0) is 12.3. The van der Waals surface area contributed by atoms with Crippen molar-refractivity contribution in [3.05, 3.63) is 47.9 Å². The Hall–Kier alpha value is -2.43. The molecule has 2 rings (SSSR count). The van der Waals surface area contributed by atoms with Crippen molar-refractivity contribution in [2.45, 2.75) is 6.61 Å². The molecule has 2 N–H and O–H groups in total. The Morgan fingerprint density at radius 1 is 1.35 bits per heavy atom. The summed E-state index contributed by atoms with van der Waals surface area (Å²) in [5.74, 6) is -0.628. The highest BCUT2D eigenvalue weighted by atomic mass is 16.5. The highest BCUT2D eigenvalue weighted by Crippen LogP contribution is 2.19. The van der Waals surface area contributed by atoms with Crippen molar-refractivity contribution in [3.8, 4) is 11.5 Å². The largest absolute Gasteiger partial charge is 0.508 e. The standard InChI is InChI=1S/C12H10O5/c13-9-2-1-3-10(5-9)16-6-8-4-11(12(14)15)17-7-8/h1-5,7,13H,6H2,(H,14,15). The quantitative estimate of drug-likeness (QED) is 0.848. The highest BCUT2D eigenvalue weighted by Gasteiger charge is 2.09. The van der Waals surface area contributed by atoms with Gasteiger partial charge >= 0.3 is 5.97 Å². The Labute approximate surface area is 96.9 Å². The van der Waals surface area contributed by atoms with Crippen LogP contribution >= 0.6 is 0 Å². The zero-order valence-corrected chi connectivity index (χ0v) is 8.79. The number of hydrogen-bond donors (Lipinski definition) is 2. The molecule has 0 bridgehead atoms. The molecule has 1 aromatic heterocycles. The molecule has 0 amide bonds. The van der Waals surface area contributed by atoms with Gasteiger partial charge in [0.2, 0.25) is 5.76 Å². The maximum Gasteiger partial charge on any atom is 0.371 e. The van der Waals surface area contributed by atoms with Crippen LogP contribution in [0, 0.1) is 0 Å². The molecule has 0 unspecified atom stereocenters. The summed E-state index contributed by atoms with van der Waals surface area (Å²) in [6.45, 7) is 0.181. The Morgan fingerprint density at radius 3 is 2.82 bits per heavy atom. The normalized spacial score (nSPS) is 10.1. The van der Waals surface area contributed by atoms with E-state index >= 15 is 0 Å². The van der Waals surface area contributed by atoms with Crippen molar-refractivity contribution in [2.24, 2.45) is 0 Å². The summed E-state index contributed by atoms with van der Waals surface area (Å²) < 4.78 is 10.2. The number of carboxylic acids is 1. The van der Waals surface area contributed by atoms with Crippen LogP contribution in [0.3, 0.4) is 0 Å². The van der Waals surface area contributed by atoms with E-state index < -0.39 is 5.97 Å². The first-order chi connectivity index (χ1) is 8.15. The van der Waals surface area contributed by atoms with Crippen LogP contribution in [0.4, 0.5) is 0 Å². The molecule has 2 aromatic rings. The van der Waals surface area contributed by atoms with E-state index in [9.17, 15) is 9.90 Å². The first-order valence-electron chi connectivity index (χ1n) is 4.87. The van der Waals surface area contributed by atoms with Crippen LogP contribution in [-0.4, -0.2) is 16.2 Å². The van der Waals surface area contributed by atoms with Gasteiger partial charge in [0.15, 0.2) is 0 Å². The summed E-state index contributed by atoms with van der Waals surface area (Å²) in [5.41, 5.74) is 0.616. The lowest BCUT2D eigenvalue weighted by atomic mass is 10.3. The third-order valence-corrected chi connectivity index (χ3v) is 2.09. The second kappa shape index (κ2) is 4.61. The molecular weight excluding hydrogens is 224 g/mol. The van der Waals surface area contributed by atoms with Gasteiger partial charge in [-0.1, -0.05) is 6.07 Å². The number of ether oxygens (including phenoxy) is 1. The second-order valence-corrected chi connectivity index (χ2v) is 3.41. The molecule has 0 fully saturated rings. The van der Waals surface area contributed by atoms with Gasteiger partial charge in [0.1, 0.15) is 18.1 Å². The number of hydrogen-bond acceptors (Lipinski definition) is 4.